The number of carboxylic acid groups (broad SMARTS) is 1. The number of rotatable bonds is 3. The monoisotopic (exact) mass is 398 g/mol. The van der Waals surface area contributed by atoms with Crippen LogP contribution in [0.2, 0.25) is 0 Å². The second-order valence-corrected chi connectivity index (χ2v) is 5.58. The summed E-state index contributed by atoms with van der Waals surface area (Å²) >= 11 is 6.59. The van der Waals surface area contributed by atoms with E-state index in [1.54, 1.807) is 18.2 Å². The number of hydrogen-bond donors (Lipinski definition) is 2. The van der Waals surface area contributed by atoms with Gasteiger partial charge < -0.3 is 10.4 Å². The number of carboxylic acids is 1. The fraction of sp³-hybridized carbons (Fsp3) is 0. The van der Waals surface area contributed by atoms with Gasteiger partial charge in [0, 0.05) is 15.1 Å². The van der Waals surface area contributed by atoms with Gasteiger partial charge in [0.15, 0.2) is 0 Å². The first-order chi connectivity index (χ1) is 9.47. The van der Waals surface area contributed by atoms with E-state index in [0.717, 1.165) is 4.47 Å². The Morgan fingerprint density at radius 2 is 1.90 bits per heavy atom. The highest BCUT2D eigenvalue weighted by Crippen LogP contribution is 2.22. The lowest BCUT2D eigenvalue weighted by Gasteiger charge is -2.07. The molecule has 5 nitrogen and oxygen atoms in total. The number of pyridine rings is 1. The highest BCUT2D eigenvalue weighted by molar-refractivity contribution is 9.11. The average Bonchev–Trinajstić information content (AvgIpc) is 2.38. The van der Waals surface area contributed by atoms with Gasteiger partial charge >= 0.3 is 5.97 Å². The number of carbonyl (C=O) groups excluding carboxylic acids is 1. The molecule has 1 aromatic heterocycles. The van der Waals surface area contributed by atoms with Crippen LogP contribution < -0.4 is 5.32 Å². The molecular weight excluding hydrogens is 392 g/mol. The van der Waals surface area contributed by atoms with Crippen molar-refractivity contribution in [3.05, 3.63) is 56.6 Å². The van der Waals surface area contributed by atoms with Crippen LogP contribution in [0.4, 0.5) is 5.82 Å². The maximum Gasteiger partial charge on any atom is 0.335 e. The summed E-state index contributed by atoms with van der Waals surface area (Å²) in [6.45, 7) is 0. The number of anilines is 1. The van der Waals surface area contributed by atoms with Gasteiger partial charge in [-0.15, -0.1) is 0 Å². The maximum atomic E-state index is 12.1. The summed E-state index contributed by atoms with van der Waals surface area (Å²) in [5.74, 6) is -1.27. The Balaban J connectivity index is 2.23. The third-order valence-electron chi connectivity index (χ3n) is 2.42. The zero-order valence-corrected chi connectivity index (χ0v) is 13.1. The third-order valence-corrected chi connectivity index (χ3v) is 3.57. The average molecular weight is 400 g/mol. The van der Waals surface area contributed by atoms with Crippen LogP contribution in [0.5, 0.6) is 0 Å². The summed E-state index contributed by atoms with van der Waals surface area (Å²) in [5, 5.41) is 11.4. The molecule has 0 atom stereocenters. The van der Waals surface area contributed by atoms with Crippen molar-refractivity contribution in [1.29, 1.82) is 0 Å². The molecule has 0 aliphatic heterocycles. The van der Waals surface area contributed by atoms with E-state index in [0.29, 0.717) is 10.0 Å². The molecule has 2 N–H and O–H groups in total. The predicted molar refractivity (Wildman–Crippen MR) is 81.0 cm³/mol. The molecule has 0 aliphatic carbocycles. The quantitative estimate of drug-likeness (QED) is 0.826. The molecule has 102 valence electrons. The summed E-state index contributed by atoms with van der Waals surface area (Å²) in [6.07, 6.45) is 1.33. The predicted octanol–water partition coefficient (Wildman–Crippen LogP) is 3.56. The van der Waals surface area contributed by atoms with Crippen molar-refractivity contribution in [3.63, 3.8) is 0 Å². The highest BCUT2D eigenvalue weighted by atomic mass is 79.9. The molecule has 0 saturated heterocycles. The molecule has 20 heavy (non-hydrogen) atoms. The third kappa shape index (κ3) is 3.43. The molecule has 2 rings (SSSR count). The number of aromatic carboxylic acids is 1. The summed E-state index contributed by atoms with van der Waals surface area (Å²) in [6, 6.07) is 7.78. The minimum atomic E-state index is -1.08. The lowest BCUT2D eigenvalue weighted by atomic mass is 10.2. The van der Waals surface area contributed by atoms with Crippen molar-refractivity contribution >= 4 is 49.6 Å². The van der Waals surface area contributed by atoms with Gasteiger partial charge in [-0.2, -0.15) is 0 Å². The SMILES string of the molecule is O=C(O)c1ccnc(NC(=O)c2ccc(Br)cc2Br)c1. The van der Waals surface area contributed by atoms with Crippen LogP contribution in [-0.4, -0.2) is 22.0 Å². The van der Waals surface area contributed by atoms with Gasteiger partial charge in [0.2, 0.25) is 0 Å². The van der Waals surface area contributed by atoms with Crippen LogP contribution in [0.25, 0.3) is 0 Å². The maximum absolute atomic E-state index is 12.1. The number of aromatic nitrogens is 1. The lowest BCUT2D eigenvalue weighted by molar-refractivity contribution is 0.0696. The van der Waals surface area contributed by atoms with E-state index in [9.17, 15) is 9.59 Å². The van der Waals surface area contributed by atoms with Crippen molar-refractivity contribution in [1.82, 2.24) is 4.98 Å². The molecule has 0 spiro atoms. The summed E-state index contributed by atoms with van der Waals surface area (Å²) in [7, 11) is 0. The first kappa shape index (κ1) is 14.7. The van der Waals surface area contributed by atoms with E-state index in [2.05, 4.69) is 42.2 Å². The Morgan fingerprint density at radius 3 is 2.55 bits per heavy atom. The first-order valence-electron chi connectivity index (χ1n) is 5.43. The first-order valence-corrected chi connectivity index (χ1v) is 7.02. The highest BCUT2D eigenvalue weighted by Gasteiger charge is 2.12. The van der Waals surface area contributed by atoms with Crippen molar-refractivity contribution in [2.45, 2.75) is 0 Å². The van der Waals surface area contributed by atoms with Crippen molar-refractivity contribution in [2.24, 2.45) is 0 Å². The van der Waals surface area contributed by atoms with Gasteiger partial charge in [-0.05, 0) is 46.3 Å². The van der Waals surface area contributed by atoms with Crippen molar-refractivity contribution in [2.75, 3.05) is 5.32 Å². The second-order valence-electron chi connectivity index (χ2n) is 3.81. The Morgan fingerprint density at radius 1 is 1.15 bits per heavy atom. The van der Waals surface area contributed by atoms with Gasteiger partial charge in [-0.1, -0.05) is 15.9 Å². The van der Waals surface area contributed by atoms with Crippen molar-refractivity contribution < 1.29 is 14.7 Å². The minimum Gasteiger partial charge on any atom is -0.478 e. The number of nitrogens with zero attached hydrogens (tertiary/aromatic N) is 1. The molecule has 0 fully saturated rings. The summed E-state index contributed by atoms with van der Waals surface area (Å²) in [5.41, 5.74) is 0.487. The molecule has 1 aromatic carbocycles. The lowest BCUT2D eigenvalue weighted by Crippen LogP contribution is -2.14. The molecule has 1 amide bonds. The number of hydrogen-bond acceptors (Lipinski definition) is 3. The van der Waals surface area contributed by atoms with Crippen LogP contribution in [0.15, 0.2) is 45.5 Å². The van der Waals surface area contributed by atoms with Gasteiger partial charge in [0.1, 0.15) is 5.82 Å². The largest absolute Gasteiger partial charge is 0.478 e. The van der Waals surface area contributed by atoms with E-state index in [1.165, 1.54) is 18.3 Å². The standard InChI is InChI=1S/C13H8Br2N2O3/c14-8-1-2-9(10(15)6-8)12(18)17-11-5-7(13(19)20)3-4-16-11/h1-6H,(H,19,20)(H,16,17,18). The fourth-order valence-electron chi connectivity index (χ4n) is 1.49. The molecule has 0 radical (unpaired) electrons. The zero-order chi connectivity index (χ0) is 14.7. The topological polar surface area (TPSA) is 79.3 Å². The molecule has 0 bridgehead atoms. The number of nitrogens with one attached hydrogen (secondary N) is 1. The smallest absolute Gasteiger partial charge is 0.335 e. The molecule has 7 heteroatoms. The zero-order valence-electron chi connectivity index (χ0n) is 9.93. The van der Waals surface area contributed by atoms with Gasteiger partial charge in [-0.3, -0.25) is 4.79 Å². The second kappa shape index (κ2) is 6.15. The molecule has 0 saturated carbocycles. The van der Waals surface area contributed by atoms with Crippen LogP contribution in [0.3, 0.4) is 0 Å². The number of carbonyl (C=O) groups is 2. The Hall–Kier alpha value is -1.73. The number of halogens is 2. The summed E-state index contributed by atoms with van der Waals surface area (Å²) < 4.78 is 1.46. The van der Waals surface area contributed by atoms with Crippen LogP contribution in [-0.2, 0) is 0 Å². The van der Waals surface area contributed by atoms with Gasteiger partial charge in [0.25, 0.3) is 5.91 Å². The van der Waals surface area contributed by atoms with E-state index in [4.69, 9.17) is 5.11 Å². The van der Waals surface area contributed by atoms with Gasteiger partial charge in [0.05, 0.1) is 11.1 Å². The van der Waals surface area contributed by atoms with Crippen LogP contribution >= 0.6 is 31.9 Å². The van der Waals surface area contributed by atoms with E-state index in [-0.39, 0.29) is 17.3 Å². The number of benzene rings is 1. The molecule has 0 unspecified atom stereocenters. The normalized spacial score (nSPS) is 10.1. The minimum absolute atomic E-state index is 0.0603. The van der Waals surface area contributed by atoms with E-state index in [1.807, 2.05) is 0 Å². The Bertz CT molecular complexity index is 689. The van der Waals surface area contributed by atoms with E-state index >= 15 is 0 Å². The molecule has 2 aromatic rings. The molecule has 0 aliphatic rings. The fourth-order valence-corrected chi connectivity index (χ4v) is 2.72. The molecular formula is C13H8Br2N2O3. The van der Waals surface area contributed by atoms with Crippen LogP contribution in [0.1, 0.15) is 20.7 Å². The number of amides is 1. The van der Waals surface area contributed by atoms with Crippen molar-refractivity contribution in [3.8, 4) is 0 Å². The van der Waals surface area contributed by atoms with Crippen LogP contribution in [0, 0.1) is 0 Å². The van der Waals surface area contributed by atoms with E-state index < -0.39 is 5.97 Å². The Labute approximate surface area is 131 Å². The van der Waals surface area contributed by atoms with Gasteiger partial charge in [-0.25, -0.2) is 9.78 Å². The molecule has 1 heterocycles. The summed E-state index contributed by atoms with van der Waals surface area (Å²) in [4.78, 5) is 26.8. The Kier molecular flexibility index (Phi) is 4.51.